The molecule has 0 radical (unpaired) electrons. The largest absolute Gasteiger partial charge is 0.462 e. The van der Waals surface area contributed by atoms with Gasteiger partial charge < -0.3 is 67.6 Å². The minimum Gasteiger partial charge on any atom is -0.462 e. The molecule has 4 rings (SSSR count). The first-order chi connectivity index (χ1) is 26.8. The Morgan fingerprint density at radius 3 is 2.28 bits per heavy atom. The highest BCUT2D eigenvalue weighted by Crippen LogP contribution is 2.38. The zero-order valence-corrected chi connectivity index (χ0v) is 34.9. The quantitative estimate of drug-likeness (QED) is 0.0887. The lowest BCUT2D eigenvalue weighted by molar-refractivity contribution is -0.344. The molecular weight excluding hydrogens is 750 g/mol. The number of likely N-dealkylation sites (N-methyl/N-ethyl adjacent to an activating group) is 1. The number of fused-ring (bicyclic) bond motifs is 1. The molecule has 57 heavy (non-hydrogen) atoms. The van der Waals surface area contributed by atoms with E-state index in [1.165, 1.54) is 14.0 Å². The smallest absolute Gasteiger partial charge is 0.309 e. The van der Waals surface area contributed by atoms with Crippen LogP contribution in [0.2, 0.25) is 0 Å². The van der Waals surface area contributed by atoms with Gasteiger partial charge in [-0.25, -0.2) is 0 Å². The van der Waals surface area contributed by atoms with E-state index in [-0.39, 0.29) is 37.9 Å². The third kappa shape index (κ3) is 12.5. The van der Waals surface area contributed by atoms with Crippen LogP contribution in [0.25, 0.3) is 0 Å². The molecule has 4 heterocycles. The predicted octanol–water partition coefficient (Wildman–Crippen LogP) is 1.59. The van der Waals surface area contributed by atoms with Crippen LogP contribution in [-0.2, 0) is 61.8 Å². The number of esters is 3. The zero-order chi connectivity index (χ0) is 42.4. The number of nitrogens with zero attached hydrogens (tertiary/aromatic N) is 1. The van der Waals surface area contributed by atoms with Crippen molar-refractivity contribution in [1.29, 1.82) is 0 Å². The summed E-state index contributed by atoms with van der Waals surface area (Å²) in [5.74, 6) is -2.95. The summed E-state index contributed by atoms with van der Waals surface area (Å²) in [7, 11) is 4.84. The Balaban J connectivity index is 1.65. The van der Waals surface area contributed by atoms with Crippen molar-refractivity contribution in [2.45, 2.75) is 184 Å². The summed E-state index contributed by atoms with van der Waals surface area (Å²) in [6.45, 7) is 11.4. The molecule has 17 nitrogen and oxygen atoms in total. The molecule has 4 aliphatic heterocycles. The van der Waals surface area contributed by atoms with Gasteiger partial charge in [-0.3, -0.25) is 14.4 Å². The van der Waals surface area contributed by atoms with E-state index in [9.17, 15) is 34.5 Å². The van der Waals surface area contributed by atoms with Gasteiger partial charge in [-0.2, -0.15) is 0 Å². The van der Waals surface area contributed by atoms with E-state index in [4.69, 9.17) is 42.6 Å². The van der Waals surface area contributed by atoms with Gasteiger partial charge in [0.1, 0.15) is 48.5 Å². The molecule has 0 aromatic rings. The SMILES string of the molecule is CCC(=O)O[C@H]1[C@H](C)O[C@@H](O[C@H]2[C@H](N(C)C)[C@@H](O)[C@H](OC3C(CC=O)CC(C)C(O)/C=C/C4OC4CC(C)OC(=O)CC(OC(C)=O)C3OC)O[C@@H]2C)C[C@@]1(C)O. The topological polar surface area (TPSA) is 219 Å². The van der Waals surface area contributed by atoms with Gasteiger partial charge >= 0.3 is 17.9 Å². The lowest BCUT2D eigenvalue weighted by Crippen LogP contribution is -2.66. The van der Waals surface area contributed by atoms with Crippen molar-refractivity contribution >= 4 is 24.2 Å². The number of hydrogen-bond acceptors (Lipinski definition) is 17. The van der Waals surface area contributed by atoms with Gasteiger partial charge in [-0.15, -0.1) is 0 Å². The number of cyclic esters (lactones) is 1. The molecule has 18 atom stereocenters. The van der Waals surface area contributed by atoms with Crippen LogP contribution < -0.4 is 0 Å². The number of aldehydes is 1. The van der Waals surface area contributed by atoms with Crippen LogP contribution in [0.15, 0.2) is 12.2 Å². The fraction of sp³-hybridized carbons (Fsp3) is 0.850. The summed E-state index contributed by atoms with van der Waals surface area (Å²) in [6.07, 6.45) is -8.10. The average Bonchev–Trinajstić information content (AvgIpc) is 3.86. The maximum Gasteiger partial charge on any atom is 0.309 e. The average molecular weight is 816 g/mol. The Hall–Kier alpha value is -2.58. The molecule has 0 aromatic heterocycles. The number of hydrogen-bond donors (Lipinski definition) is 3. The van der Waals surface area contributed by atoms with Gasteiger partial charge in [-0.1, -0.05) is 26.0 Å². The Bertz CT molecular complexity index is 1380. The Labute approximate surface area is 335 Å². The summed E-state index contributed by atoms with van der Waals surface area (Å²) >= 11 is 0. The molecule has 3 saturated heterocycles. The first kappa shape index (κ1) is 47.1. The molecule has 0 bridgehead atoms. The van der Waals surface area contributed by atoms with Crippen molar-refractivity contribution in [2.75, 3.05) is 21.2 Å². The summed E-state index contributed by atoms with van der Waals surface area (Å²) < 4.78 is 54.1. The third-order valence-electron chi connectivity index (χ3n) is 11.3. The van der Waals surface area contributed by atoms with E-state index in [0.29, 0.717) is 12.7 Å². The predicted molar refractivity (Wildman–Crippen MR) is 200 cm³/mol. The summed E-state index contributed by atoms with van der Waals surface area (Å²) in [5, 5.41) is 34.5. The van der Waals surface area contributed by atoms with Crippen LogP contribution in [0.3, 0.4) is 0 Å². The minimum absolute atomic E-state index is 0.0460. The second-order valence-electron chi connectivity index (χ2n) is 16.4. The van der Waals surface area contributed by atoms with Gasteiger partial charge in [0, 0.05) is 39.7 Å². The Morgan fingerprint density at radius 2 is 1.68 bits per heavy atom. The molecule has 326 valence electrons. The van der Waals surface area contributed by atoms with Gasteiger partial charge in [0.25, 0.3) is 0 Å². The molecule has 3 fully saturated rings. The number of epoxide rings is 1. The van der Waals surface area contributed by atoms with Crippen LogP contribution in [0.4, 0.5) is 0 Å². The monoisotopic (exact) mass is 815 g/mol. The number of carbonyl (C=O) groups excluding carboxylic acids is 4. The second kappa shape index (κ2) is 20.6. The fourth-order valence-electron chi connectivity index (χ4n) is 8.32. The molecule has 17 heteroatoms. The van der Waals surface area contributed by atoms with Crippen molar-refractivity contribution in [3.05, 3.63) is 12.2 Å². The molecule has 0 amide bonds. The lowest BCUT2D eigenvalue weighted by Gasteiger charge is -2.50. The van der Waals surface area contributed by atoms with E-state index >= 15 is 0 Å². The first-order valence-electron chi connectivity index (χ1n) is 20.0. The van der Waals surface area contributed by atoms with Crippen molar-refractivity contribution < 1.29 is 77.1 Å². The number of methoxy groups -OCH3 is 1. The van der Waals surface area contributed by atoms with E-state index in [2.05, 4.69) is 0 Å². The van der Waals surface area contributed by atoms with E-state index in [0.717, 1.165) is 0 Å². The molecule has 0 saturated carbocycles. The van der Waals surface area contributed by atoms with E-state index in [1.54, 1.807) is 65.8 Å². The standard InChI is InChI=1S/C40H65NO16/c1-11-30(45)55-38-23(5)51-32(19-40(38,7)48)56-35-22(4)52-39(34(47)33(35)41(8)9)57-36-25(14-15-42)16-20(2)26(44)12-13-27-28(54-27)17-21(3)50-31(46)18-29(37(36)49-10)53-24(6)43/h12-13,15,20-23,25-29,32-39,44,47-48H,11,14,16-19H2,1-10H3/b13-12+/t20?,21?,22-,23+,25?,26?,27?,28?,29?,32+,33-,34-,35-,36?,37?,38+,39+,40-/m1/s1. The van der Waals surface area contributed by atoms with Gasteiger partial charge in [0.15, 0.2) is 18.7 Å². The lowest BCUT2D eigenvalue weighted by atomic mass is 9.82. The van der Waals surface area contributed by atoms with Gasteiger partial charge in [-0.05, 0) is 60.0 Å². The minimum atomic E-state index is -1.49. The molecule has 3 N–H and O–H groups in total. The van der Waals surface area contributed by atoms with Gasteiger partial charge in [0.2, 0.25) is 0 Å². The Morgan fingerprint density at radius 1 is 0.982 bits per heavy atom. The van der Waals surface area contributed by atoms with Crippen molar-refractivity contribution in [3.63, 3.8) is 0 Å². The molecule has 0 spiro atoms. The maximum absolute atomic E-state index is 13.3. The highest BCUT2D eigenvalue weighted by molar-refractivity contribution is 5.72. The normalized spacial score (nSPS) is 44.0. The maximum atomic E-state index is 13.3. The number of carbonyl (C=O) groups is 4. The van der Waals surface area contributed by atoms with Crippen LogP contribution in [0.1, 0.15) is 87.0 Å². The van der Waals surface area contributed by atoms with E-state index in [1.807, 2.05) is 6.92 Å². The van der Waals surface area contributed by atoms with Crippen LogP contribution in [0.5, 0.6) is 0 Å². The summed E-state index contributed by atoms with van der Waals surface area (Å²) in [4.78, 5) is 51.9. The zero-order valence-electron chi connectivity index (χ0n) is 34.9. The molecule has 9 unspecified atom stereocenters. The Kier molecular flexibility index (Phi) is 17.0. The third-order valence-corrected chi connectivity index (χ3v) is 11.3. The first-order valence-corrected chi connectivity index (χ1v) is 20.0. The van der Waals surface area contributed by atoms with Crippen LogP contribution >= 0.6 is 0 Å². The second-order valence-corrected chi connectivity index (χ2v) is 16.4. The number of aliphatic hydroxyl groups is 3. The highest BCUT2D eigenvalue weighted by atomic mass is 16.7. The highest BCUT2D eigenvalue weighted by Gasteiger charge is 2.53. The number of aliphatic hydroxyl groups excluding tert-OH is 2. The molecule has 0 aromatic carbocycles. The fourth-order valence-corrected chi connectivity index (χ4v) is 8.32. The molecular formula is C40H65NO16. The van der Waals surface area contributed by atoms with Crippen molar-refractivity contribution in [1.82, 2.24) is 4.90 Å². The number of rotatable bonds is 11. The van der Waals surface area contributed by atoms with Gasteiger partial charge in [0.05, 0.1) is 43.0 Å². The van der Waals surface area contributed by atoms with Crippen molar-refractivity contribution in [2.24, 2.45) is 11.8 Å². The van der Waals surface area contributed by atoms with Crippen LogP contribution in [-0.4, -0.2) is 163 Å². The molecule has 0 aliphatic carbocycles. The molecule has 4 aliphatic rings. The van der Waals surface area contributed by atoms with Crippen LogP contribution in [0, 0.1) is 11.8 Å². The summed E-state index contributed by atoms with van der Waals surface area (Å²) in [5.41, 5.74) is -1.49. The van der Waals surface area contributed by atoms with Crippen molar-refractivity contribution in [3.8, 4) is 0 Å². The number of ether oxygens (including phenoxy) is 9. The van der Waals surface area contributed by atoms with E-state index < -0.39 is 121 Å². The summed E-state index contributed by atoms with van der Waals surface area (Å²) in [6, 6.07) is -0.782.